The van der Waals surface area contributed by atoms with Crippen molar-refractivity contribution in [1.82, 2.24) is 9.80 Å². The molecule has 4 amide bonds. The molecule has 8 nitrogen and oxygen atoms in total. The topological polar surface area (TPSA) is 109 Å². The second kappa shape index (κ2) is 10.6. The predicted octanol–water partition coefficient (Wildman–Crippen LogP) is 1.44. The summed E-state index contributed by atoms with van der Waals surface area (Å²) in [7, 11) is 0. The van der Waals surface area contributed by atoms with Gasteiger partial charge in [0.1, 0.15) is 12.1 Å². The zero-order valence-electron chi connectivity index (χ0n) is 17.7. The van der Waals surface area contributed by atoms with E-state index >= 15 is 0 Å². The minimum atomic E-state index is -1.46. The summed E-state index contributed by atoms with van der Waals surface area (Å²) in [5.74, 6) is -3.16. The van der Waals surface area contributed by atoms with Crippen molar-refractivity contribution in [2.75, 3.05) is 12.5 Å². The number of imide groups is 2. The standard InChI is InChI=1S/C20H28N2O6S2/c1-5-7-11(23)17(21-15(25)9-13(29-3)19(21)27)18(12(24)8-6-2)22-16(26)10-14(30-4)20(22)28/h13-14,17-18H,5-10H2,1-4H3. The lowest BCUT2D eigenvalue weighted by Crippen LogP contribution is -2.62. The maximum Gasteiger partial charge on any atom is 0.243 e. The SMILES string of the molecule is CCCC(=O)C(C(C(=O)CCC)N1C(=O)CC(SC)C1=O)N1C(=O)CC(SC)C1=O. The van der Waals surface area contributed by atoms with Crippen molar-refractivity contribution in [3.8, 4) is 0 Å². The normalized spacial score (nSPS) is 24.0. The largest absolute Gasteiger partial charge is 0.297 e. The molecule has 2 saturated heterocycles. The molecule has 30 heavy (non-hydrogen) atoms. The van der Waals surface area contributed by atoms with E-state index < -0.39 is 57.8 Å². The lowest BCUT2D eigenvalue weighted by atomic mass is 9.92. The van der Waals surface area contributed by atoms with Crippen LogP contribution >= 0.6 is 23.5 Å². The van der Waals surface area contributed by atoms with Crippen LogP contribution in [0.3, 0.4) is 0 Å². The first-order valence-electron chi connectivity index (χ1n) is 10.1. The van der Waals surface area contributed by atoms with E-state index in [4.69, 9.17) is 0 Å². The summed E-state index contributed by atoms with van der Waals surface area (Å²) in [4.78, 5) is 79.2. The van der Waals surface area contributed by atoms with Gasteiger partial charge in [-0.25, -0.2) is 0 Å². The number of hydrogen-bond acceptors (Lipinski definition) is 8. The van der Waals surface area contributed by atoms with Crippen LogP contribution in [0.2, 0.25) is 0 Å². The molecule has 0 aromatic heterocycles. The number of ketones is 2. The van der Waals surface area contributed by atoms with Gasteiger partial charge in [0.15, 0.2) is 11.6 Å². The summed E-state index contributed by atoms with van der Waals surface area (Å²) in [5, 5.41) is -1.28. The highest BCUT2D eigenvalue weighted by Gasteiger charge is 2.54. The Kier molecular flexibility index (Phi) is 8.66. The van der Waals surface area contributed by atoms with Crippen LogP contribution < -0.4 is 0 Å². The first-order valence-corrected chi connectivity index (χ1v) is 12.6. The van der Waals surface area contributed by atoms with Crippen LogP contribution in [0.4, 0.5) is 0 Å². The lowest BCUT2D eigenvalue weighted by molar-refractivity contribution is -0.157. The molecule has 166 valence electrons. The van der Waals surface area contributed by atoms with Crippen LogP contribution in [-0.4, -0.2) is 80.1 Å². The number of carbonyl (C=O) groups excluding carboxylic acids is 6. The Balaban J connectivity index is 2.59. The molecule has 4 unspecified atom stereocenters. The Morgan fingerprint density at radius 1 is 0.800 bits per heavy atom. The monoisotopic (exact) mass is 456 g/mol. The molecule has 0 aromatic rings. The van der Waals surface area contributed by atoms with Crippen molar-refractivity contribution in [3.63, 3.8) is 0 Å². The van der Waals surface area contributed by atoms with E-state index in [2.05, 4.69) is 0 Å². The highest BCUT2D eigenvalue weighted by atomic mass is 32.2. The van der Waals surface area contributed by atoms with Gasteiger partial charge in [0.05, 0.1) is 10.5 Å². The smallest absolute Gasteiger partial charge is 0.243 e. The minimum absolute atomic E-state index is 0.0315. The maximum absolute atomic E-state index is 13.1. The van der Waals surface area contributed by atoms with Crippen LogP contribution in [0.25, 0.3) is 0 Å². The van der Waals surface area contributed by atoms with Gasteiger partial charge in [0.25, 0.3) is 0 Å². The molecule has 2 aliphatic rings. The molecular weight excluding hydrogens is 428 g/mol. The average Bonchev–Trinajstić information content (AvgIpc) is 3.14. The van der Waals surface area contributed by atoms with Crippen molar-refractivity contribution < 1.29 is 28.8 Å². The first-order chi connectivity index (χ1) is 14.2. The van der Waals surface area contributed by atoms with Crippen molar-refractivity contribution in [3.05, 3.63) is 0 Å². The van der Waals surface area contributed by atoms with Gasteiger partial charge in [-0.3, -0.25) is 38.6 Å². The van der Waals surface area contributed by atoms with Crippen LogP contribution in [0.5, 0.6) is 0 Å². The first kappa shape index (κ1) is 24.6. The number of carbonyl (C=O) groups is 6. The van der Waals surface area contributed by atoms with E-state index in [9.17, 15) is 28.8 Å². The molecule has 0 aliphatic carbocycles. The predicted molar refractivity (Wildman–Crippen MR) is 115 cm³/mol. The highest BCUT2D eigenvalue weighted by Crippen LogP contribution is 2.32. The van der Waals surface area contributed by atoms with Crippen molar-refractivity contribution in [1.29, 1.82) is 0 Å². The van der Waals surface area contributed by atoms with E-state index in [0.29, 0.717) is 12.8 Å². The summed E-state index contributed by atoms with van der Waals surface area (Å²) < 4.78 is 0. The number of rotatable bonds is 11. The Hall–Kier alpha value is -1.68. The molecule has 0 aromatic carbocycles. The maximum atomic E-state index is 13.1. The van der Waals surface area contributed by atoms with Crippen molar-refractivity contribution >= 4 is 58.7 Å². The Morgan fingerprint density at radius 3 is 1.37 bits per heavy atom. The fourth-order valence-electron chi connectivity index (χ4n) is 3.91. The number of Topliss-reactive ketones (excluding diaryl/α,β-unsaturated/α-hetero) is 2. The van der Waals surface area contributed by atoms with Crippen LogP contribution in [0.15, 0.2) is 0 Å². The summed E-state index contributed by atoms with van der Waals surface area (Å²) in [6.45, 7) is 3.54. The zero-order valence-corrected chi connectivity index (χ0v) is 19.3. The minimum Gasteiger partial charge on any atom is -0.297 e. The summed E-state index contributed by atoms with van der Waals surface area (Å²) in [6, 6.07) is -2.93. The van der Waals surface area contributed by atoms with E-state index in [1.807, 2.05) is 0 Å². The third-order valence-electron chi connectivity index (χ3n) is 5.36. The fraction of sp³-hybridized carbons (Fsp3) is 0.700. The number of thioether (sulfide) groups is 2. The molecule has 0 spiro atoms. The third kappa shape index (κ3) is 4.64. The van der Waals surface area contributed by atoms with E-state index in [1.54, 1.807) is 26.4 Å². The lowest BCUT2D eigenvalue weighted by Gasteiger charge is -2.36. The van der Waals surface area contributed by atoms with Gasteiger partial charge >= 0.3 is 0 Å². The summed E-state index contributed by atoms with van der Waals surface area (Å²) >= 11 is 2.40. The molecule has 0 bridgehead atoms. The highest BCUT2D eigenvalue weighted by molar-refractivity contribution is 8.00. The van der Waals surface area contributed by atoms with Gasteiger partial charge in [0, 0.05) is 25.7 Å². The number of hydrogen-bond donors (Lipinski definition) is 0. The van der Waals surface area contributed by atoms with E-state index in [-0.39, 0.29) is 25.7 Å². The van der Waals surface area contributed by atoms with Crippen LogP contribution in [0.1, 0.15) is 52.4 Å². The van der Waals surface area contributed by atoms with Crippen LogP contribution in [-0.2, 0) is 28.8 Å². The summed E-state index contributed by atoms with van der Waals surface area (Å²) in [5.41, 5.74) is 0. The second-order valence-corrected chi connectivity index (χ2v) is 9.46. The van der Waals surface area contributed by atoms with Crippen molar-refractivity contribution in [2.24, 2.45) is 0 Å². The van der Waals surface area contributed by atoms with E-state index in [1.165, 1.54) is 23.5 Å². The van der Waals surface area contributed by atoms with Gasteiger partial charge in [-0.15, -0.1) is 0 Å². The van der Waals surface area contributed by atoms with Gasteiger partial charge in [-0.1, -0.05) is 13.8 Å². The Morgan fingerprint density at radius 2 is 1.13 bits per heavy atom. The van der Waals surface area contributed by atoms with Crippen LogP contribution in [0, 0.1) is 0 Å². The van der Waals surface area contributed by atoms with Gasteiger partial charge in [-0.05, 0) is 25.4 Å². The van der Waals surface area contributed by atoms with E-state index in [0.717, 1.165) is 9.80 Å². The fourth-order valence-corrected chi connectivity index (χ4v) is 5.16. The molecule has 2 heterocycles. The molecule has 0 N–H and O–H groups in total. The Labute approximate surface area is 184 Å². The third-order valence-corrected chi connectivity index (χ3v) is 7.23. The van der Waals surface area contributed by atoms with Gasteiger partial charge in [-0.2, -0.15) is 23.5 Å². The summed E-state index contributed by atoms with van der Waals surface area (Å²) in [6.07, 6.45) is 4.20. The van der Waals surface area contributed by atoms with Gasteiger partial charge in [0.2, 0.25) is 23.6 Å². The molecule has 0 saturated carbocycles. The molecule has 2 fully saturated rings. The molecular formula is C20H28N2O6S2. The molecule has 2 rings (SSSR count). The number of likely N-dealkylation sites (tertiary alicyclic amines) is 2. The molecule has 4 atom stereocenters. The van der Waals surface area contributed by atoms with Gasteiger partial charge < -0.3 is 0 Å². The van der Waals surface area contributed by atoms with Crippen molar-refractivity contribution in [2.45, 2.75) is 75.0 Å². The quantitative estimate of drug-likeness (QED) is 0.430. The Bertz CT molecular complexity index is 694. The molecule has 0 radical (unpaired) electrons. The average molecular weight is 457 g/mol. The second-order valence-electron chi connectivity index (χ2n) is 7.38. The molecule has 10 heteroatoms. The molecule has 2 aliphatic heterocycles. The number of nitrogens with zero attached hydrogens (tertiary/aromatic N) is 2. The zero-order chi connectivity index (χ0) is 22.6. The number of amides is 4.